The van der Waals surface area contributed by atoms with Crippen LogP contribution in [0.1, 0.15) is 24.0 Å². The van der Waals surface area contributed by atoms with Crippen molar-refractivity contribution in [2.75, 3.05) is 32.8 Å². The number of nitrogens with zero attached hydrogens (tertiary/aromatic N) is 1. The highest BCUT2D eigenvalue weighted by Gasteiger charge is 2.42. The molecule has 1 saturated heterocycles. The van der Waals surface area contributed by atoms with Gasteiger partial charge >= 0.3 is 0 Å². The molecule has 1 aliphatic heterocycles. The number of fused-ring (bicyclic) bond motifs is 1. The smallest absolute Gasteiger partial charge is 0.0700 e. The maximum absolute atomic E-state index is 10.0. The molecule has 3 nitrogen and oxygen atoms in total. The molecule has 98 valence electrons. The summed E-state index contributed by atoms with van der Waals surface area (Å²) in [6.07, 6.45) is 3.33. The van der Waals surface area contributed by atoms with Crippen molar-refractivity contribution in [3.63, 3.8) is 0 Å². The van der Waals surface area contributed by atoms with Crippen molar-refractivity contribution < 1.29 is 5.11 Å². The molecule has 0 saturated carbocycles. The van der Waals surface area contributed by atoms with E-state index in [1.165, 1.54) is 17.5 Å². The molecule has 0 spiro atoms. The van der Waals surface area contributed by atoms with E-state index in [-0.39, 0.29) is 12.1 Å². The predicted octanol–water partition coefficient (Wildman–Crippen LogP) is 1.12. The second-order valence-corrected chi connectivity index (χ2v) is 5.44. The van der Waals surface area contributed by atoms with E-state index in [1.54, 1.807) is 0 Å². The van der Waals surface area contributed by atoms with E-state index in [1.807, 2.05) is 0 Å². The first-order chi connectivity index (χ1) is 8.87. The summed E-state index contributed by atoms with van der Waals surface area (Å²) in [5, 5.41) is 13.5. The first kappa shape index (κ1) is 12.2. The highest BCUT2D eigenvalue weighted by atomic mass is 16.3. The van der Waals surface area contributed by atoms with Gasteiger partial charge in [-0.05, 0) is 36.9 Å². The molecule has 1 fully saturated rings. The lowest BCUT2D eigenvalue weighted by molar-refractivity contribution is 0.0315. The molecule has 1 aliphatic carbocycles. The van der Waals surface area contributed by atoms with Crippen molar-refractivity contribution >= 4 is 0 Å². The molecule has 0 aromatic heterocycles. The topological polar surface area (TPSA) is 35.5 Å². The third-order valence-electron chi connectivity index (χ3n) is 4.53. The summed E-state index contributed by atoms with van der Waals surface area (Å²) in [6, 6.07) is 8.63. The van der Waals surface area contributed by atoms with Gasteiger partial charge in [0, 0.05) is 19.6 Å². The van der Waals surface area contributed by atoms with Gasteiger partial charge in [0.05, 0.1) is 12.1 Å². The Morgan fingerprint density at radius 1 is 1.22 bits per heavy atom. The van der Waals surface area contributed by atoms with Crippen LogP contribution in [0.25, 0.3) is 0 Å². The number of rotatable bonds is 2. The third kappa shape index (κ3) is 1.87. The summed E-state index contributed by atoms with van der Waals surface area (Å²) < 4.78 is 0. The Kier molecular flexibility index (Phi) is 3.37. The molecule has 1 aromatic rings. The second-order valence-electron chi connectivity index (χ2n) is 5.44. The van der Waals surface area contributed by atoms with Crippen LogP contribution >= 0.6 is 0 Å². The first-order valence-corrected chi connectivity index (χ1v) is 7.02. The number of benzene rings is 1. The summed E-state index contributed by atoms with van der Waals surface area (Å²) in [6.45, 7) is 4.49. The fourth-order valence-electron chi connectivity index (χ4n) is 3.53. The van der Waals surface area contributed by atoms with E-state index in [4.69, 9.17) is 0 Å². The number of hydrogen-bond donors (Lipinski definition) is 2. The van der Waals surface area contributed by atoms with Crippen molar-refractivity contribution in [3.8, 4) is 0 Å². The van der Waals surface area contributed by atoms with Crippen LogP contribution in [0.2, 0.25) is 0 Å². The summed E-state index contributed by atoms with van der Waals surface area (Å²) in [7, 11) is 0. The molecule has 1 unspecified atom stereocenters. The third-order valence-corrected chi connectivity index (χ3v) is 4.53. The van der Waals surface area contributed by atoms with Gasteiger partial charge in [-0.1, -0.05) is 24.3 Å². The maximum Gasteiger partial charge on any atom is 0.0700 e. The van der Waals surface area contributed by atoms with Gasteiger partial charge in [0.25, 0.3) is 0 Å². The Morgan fingerprint density at radius 2 is 2.11 bits per heavy atom. The number of aryl methyl sites for hydroxylation is 1. The van der Waals surface area contributed by atoms with Gasteiger partial charge in [-0.25, -0.2) is 0 Å². The Labute approximate surface area is 109 Å². The quantitative estimate of drug-likeness (QED) is 0.821. The molecular weight excluding hydrogens is 224 g/mol. The monoisotopic (exact) mass is 246 g/mol. The van der Waals surface area contributed by atoms with Crippen molar-refractivity contribution in [3.05, 3.63) is 35.4 Å². The van der Waals surface area contributed by atoms with Crippen molar-refractivity contribution in [1.29, 1.82) is 0 Å². The predicted molar refractivity (Wildman–Crippen MR) is 72.6 cm³/mol. The fraction of sp³-hybridized carbons (Fsp3) is 0.600. The molecule has 1 aromatic carbocycles. The number of hydrogen-bond acceptors (Lipinski definition) is 3. The normalized spacial score (nSPS) is 28.9. The van der Waals surface area contributed by atoms with E-state index in [0.29, 0.717) is 0 Å². The fourth-order valence-corrected chi connectivity index (χ4v) is 3.53. The van der Waals surface area contributed by atoms with Crippen LogP contribution in [0, 0.1) is 0 Å². The minimum Gasteiger partial charge on any atom is -0.394 e. The van der Waals surface area contributed by atoms with Gasteiger partial charge in [-0.2, -0.15) is 0 Å². The van der Waals surface area contributed by atoms with Gasteiger partial charge < -0.3 is 10.4 Å². The molecular formula is C15H22N2O. The van der Waals surface area contributed by atoms with E-state index >= 15 is 0 Å². The van der Waals surface area contributed by atoms with Gasteiger partial charge in [-0.3, -0.25) is 4.90 Å². The SMILES string of the molecule is OCC1(N2CCCNCC2)CCc2ccccc21. The van der Waals surface area contributed by atoms with Crippen LogP contribution in [0.4, 0.5) is 0 Å². The molecule has 1 heterocycles. The van der Waals surface area contributed by atoms with Crippen LogP contribution in [-0.2, 0) is 12.0 Å². The Hall–Kier alpha value is -0.900. The molecule has 0 bridgehead atoms. The van der Waals surface area contributed by atoms with E-state index in [9.17, 15) is 5.11 Å². The highest BCUT2D eigenvalue weighted by molar-refractivity contribution is 5.39. The summed E-state index contributed by atoms with van der Waals surface area (Å²) in [5.41, 5.74) is 2.65. The first-order valence-electron chi connectivity index (χ1n) is 7.02. The summed E-state index contributed by atoms with van der Waals surface area (Å²) in [5.74, 6) is 0. The average Bonchev–Trinajstić information content (AvgIpc) is 2.61. The lowest BCUT2D eigenvalue weighted by Crippen LogP contribution is -2.49. The zero-order valence-electron chi connectivity index (χ0n) is 10.9. The zero-order valence-corrected chi connectivity index (χ0v) is 10.9. The van der Waals surface area contributed by atoms with Crippen molar-refractivity contribution in [2.24, 2.45) is 0 Å². The molecule has 18 heavy (non-hydrogen) atoms. The minimum absolute atomic E-state index is 0.122. The molecule has 3 heteroatoms. The van der Waals surface area contributed by atoms with E-state index < -0.39 is 0 Å². The van der Waals surface area contributed by atoms with Crippen LogP contribution in [-0.4, -0.2) is 42.8 Å². The van der Waals surface area contributed by atoms with E-state index in [2.05, 4.69) is 34.5 Å². The largest absolute Gasteiger partial charge is 0.394 e. The lowest BCUT2D eigenvalue weighted by Gasteiger charge is -2.40. The van der Waals surface area contributed by atoms with Crippen LogP contribution in [0.5, 0.6) is 0 Å². The lowest BCUT2D eigenvalue weighted by atomic mass is 9.90. The summed E-state index contributed by atoms with van der Waals surface area (Å²) in [4.78, 5) is 2.50. The van der Waals surface area contributed by atoms with Crippen molar-refractivity contribution in [2.45, 2.75) is 24.8 Å². The average molecular weight is 246 g/mol. The molecule has 1 atom stereocenters. The van der Waals surface area contributed by atoms with Gasteiger partial charge in [0.1, 0.15) is 0 Å². The van der Waals surface area contributed by atoms with Crippen LogP contribution in [0.3, 0.4) is 0 Å². The van der Waals surface area contributed by atoms with Crippen LogP contribution < -0.4 is 5.32 Å². The van der Waals surface area contributed by atoms with Gasteiger partial charge in [0.15, 0.2) is 0 Å². The number of nitrogens with one attached hydrogen (secondary N) is 1. The number of aliphatic hydroxyl groups is 1. The van der Waals surface area contributed by atoms with E-state index in [0.717, 1.165) is 39.0 Å². The highest BCUT2D eigenvalue weighted by Crippen LogP contribution is 2.41. The standard InChI is InChI=1S/C15H22N2O/c18-12-15(17-10-3-8-16-9-11-17)7-6-13-4-1-2-5-14(13)15/h1-2,4-5,16,18H,3,6-12H2. The zero-order chi connectivity index (χ0) is 12.4. The van der Waals surface area contributed by atoms with Gasteiger partial charge in [0.2, 0.25) is 0 Å². The van der Waals surface area contributed by atoms with Crippen molar-refractivity contribution in [1.82, 2.24) is 10.2 Å². The second kappa shape index (κ2) is 5.00. The molecule has 3 rings (SSSR count). The maximum atomic E-state index is 10.0. The number of aliphatic hydroxyl groups excluding tert-OH is 1. The van der Waals surface area contributed by atoms with Gasteiger partial charge in [-0.15, -0.1) is 0 Å². The van der Waals surface area contributed by atoms with Crippen LogP contribution in [0.15, 0.2) is 24.3 Å². The Balaban J connectivity index is 1.95. The molecule has 0 radical (unpaired) electrons. The Bertz CT molecular complexity index is 413. The Morgan fingerprint density at radius 3 is 3.00 bits per heavy atom. The molecule has 2 aliphatic rings. The minimum atomic E-state index is -0.122. The summed E-state index contributed by atoms with van der Waals surface area (Å²) >= 11 is 0. The molecule has 2 N–H and O–H groups in total. The molecule has 0 amide bonds.